The molecule has 21 heavy (non-hydrogen) atoms. The zero-order valence-electron chi connectivity index (χ0n) is 11.9. The lowest BCUT2D eigenvalue weighted by Crippen LogP contribution is -2.11. The topological polar surface area (TPSA) is 37.2 Å². The molecule has 2 aromatic carbocycles. The Kier molecular flexibility index (Phi) is 3.96. The molecule has 106 valence electrons. The van der Waals surface area contributed by atoms with Crippen molar-refractivity contribution in [1.29, 1.82) is 0 Å². The summed E-state index contributed by atoms with van der Waals surface area (Å²) in [7, 11) is 1.66. The number of rotatable bonds is 3. The molecule has 1 aliphatic rings. The van der Waals surface area contributed by atoms with E-state index >= 15 is 0 Å². The van der Waals surface area contributed by atoms with Crippen molar-refractivity contribution < 1.29 is 4.74 Å². The third-order valence-corrected chi connectivity index (χ3v) is 3.32. The Bertz CT molecular complexity index is 647. The van der Waals surface area contributed by atoms with Gasteiger partial charge >= 0.3 is 0 Å². The van der Waals surface area contributed by atoms with Crippen LogP contribution >= 0.6 is 0 Å². The maximum absolute atomic E-state index is 5.14. The highest BCUT2D eigenvalue weighted by Crippen LogP contribution is 2.18. The van der Waals surface area contributed by atoms with E-state index in [1.54, 1.807) is 7.11 Å². The van der Waals surface area contributed by atoms with Gasteiger partial charge in [0.1, 0.15) is 5.75 Å². The SMILES string of the molecule is COc1ccc(C=NC2=NN(c3ccccc3)CC2)cc1. The summed E-state index contributed by atoms with van der Waals surface area (Å²) in [5, 5.41) is 6.52. The first-order chi connectivity index (χ1) is 10.3. The standard InChI is InChI=1S/C17H17N3O/c1-21-16-9-7-14(8-10-16)13-18-17-11-12-20(19-17)15-5-3-2-4-6-15/h2-10,13H,11-12H2,1H3. The van der Waals surface area contributed by atoms with Gasteiger partial charge < -0.3 is 4.74 Å². The highest BCUT2D eigenvalue weighted by molar-refractivity contribution is 5.96. The van der Waals surface area contributed by atoms with Crippen molar-refractivity contribution in [2.24, 2.45) is 10.1 Å². The van der Waals surface area contributed by atoms with Crippen molar-refractivity contribution in [3.05, 3.63) is 60.2 Å². The number of ether oxygens (including phenoxy) is 1. The molecule has 0 atom stereocenters. The lowest BCUT2D eigenvalue weighted by atomic mass is 10.2. The van der Waals surface area contributed by atoms with Crippen molar-refractivity contribution >= 4 is 17.7 Å². The van der Waals surface area contributed by atoms with Gasteiger partial charge in [-0.3, -0.25) is 5.01 Å². The number of aliphatic imine (C=N–C) groups is 1. The fourth-order valence-electron chi connectivity index (χ4n) is 2.16. The van der Waals surface area contributed by atoms with Gasteiger partial charge in [0.25, 0.3) is 0 Å². The molecule has 3 rings (SSSR count). The lowest BCUT2D eigenvalue weighted by Gasteiger charge is -2.11. The van der Waals surface area contributed by atoms with Gasteiger partial charge in [0.15, 0.2) is 5.84 Å². The third kappa shape index (κ3) is 3.28. The number of benzene rings is 2. The second-order valence-electron chi connectivity index (χ2n) is 4.76. The smallest absolute Gasteiger partial charge is 0.150 e. The number of hydrazone groups is 1. The molecule has 0 radical (unpaired) electrons. The summed E-state index contributed by atoms with van der Waals surface area (Å²) in [4.78, 5) is 4.47. The van der Waals surface area contributed by atoms with Crippen molar-refractivity contribution in [3.63, 3.8) is 0 Å². The molecule has 0 spiro atoms. The average Bonchev–Trinajstić information content (AvgIpc) is 3.03. The van der Waals surface area contributed by atoms with E-state index in [-0.39, 0.29) is 0 Å². The molecule has 0 aliphatic carbocycles. The fourth-order valence-corrected chi connectivity index (χ4v) is 2.16. The Morgan fingerprint density at radius 1 is 1.10 bits per heavy atom. The summed E-state index contributed by atoms with van der Waals surface area (Å²) >= 11 is 0. The van der Waals surface area contributed by atoms with Gasteiger partial charge in [-0.1, -0.05) is 18.2 Å². The van der Waals surface area contributed by atoms with Crippen molar-refractivity contribution in [3.8, 4) is 5.75 Å². The van der Waals surface area contributed by atoms with Crippen molar-refractivity contribution in [2.75, 3.05) is 18.7 Å². The molecule has 0 fully saturated rings. The van der Waals surface area contributed by atoms with Crippen LogP contribution in [0.5, 0.6) is 5.75 Å². The highest BCUT2D eigenvalue weighted by Gasteiger charge is 2.14. The molecule has 0 amide bonds. The first-order valence-corrected chi connectivity index (χ1v) is 6.93. The van der Waals surface area contributed by atoms with E-state index in [2.05, 4.69) is 22.2 Å². The van der Waals surface area contributed by atoms with Crippen LogP contribution < -0.4 is 9.75 Å². The maximum atomic E-state index is 5.14. The predicted molar refractivity (Wildman–Crippen MR) is 86.4 cm³/mol. The molecule has 2 aromatic rings. The molecule has 0 N–H and O–H groups in total. The van der Waals surface area contributed by atoms with Gasteiger partial charge in [0.2, 0.25) is 0 Å². The second-order valence-corrected chi connectivity index (χ2v) is 4.76. The van der Waals surface area contributed by atoms with Gasteiger partial charge in [-0.15, -0.1) is 0 Å². The molecular weight excluding hydrogens is 262 g/mol. The fraction of sp³-hybridized carbons (Fsp3) is 0.176. The van der Waals surface area contributed by atoms with E-state index in [1.165, 1.54) is 0 Å². The minimum absolute atomic E-state index is 0.848. The van der Waals surface area contributed by atoms with Gasteiger partial charge in [-0.05, 0) is 42.0 Å². The molecule has 4 heteroatoms. The zero-order valence-corrected chi connectivity index (χ0v) is 11.9. The van der Waals surface area contributed by atoms with Gasteiger partial charge in [-0.2, -0.15) is 5.10 Å². The van der Waals surface area contributed by atoms with E-state index in [1.807, 2.05) is 53.7 Å². The Balaban J connectivity index is 1.69. The maximum Gasteiger partial charge on any atom is 0.150 e. The molecule has 0 saturated carbocycles. The summed E-state index contributed by atoms with van der Waals surface area (Å²) in [5.41, 5.74) is 2.14. The van der Waals surface area contributed by atoms with Crippen LogP contribution in [0.2, 0.25) is 0 Å². The van der Waals surface area contributed by atoms with Crippen LogP contribution in [0.25, 0.3) is 0 Å². The zero-order chi connectivity index (χ0) is 14.5. The molecule has 0 bridgehead atoms. The Labute approximate surface area is 124 Å². The molecule has 0 unspecified atom stereocenters. The van der Waals surface area contributed by atoms with Gasteiger partial charge in [0.05, 0.1) is 12.8 Å². The van der Waals surface area contributed by atoms with Gasteiger partial charge in [-0.25, -0.2) is 4.99 Å². The predicted octanol–water partition coefficient (Wildman–Crippen LogP) is 3.34. The van der Waals surface area contributed by atoms with E-state index < -0.39 is 0 Å². The van der Waals surface area contributed by atoms with E-state index in [0.29, 0.717) is 0 Å². The number of amidine groups is 1. The minimum atomic E-state index is 0.848. The second kappa shape index (κ2) is 6.22. The lowest BCUT2D eigenvalue weighted by molar-refractivity contribution is 0.415. The Morgan fingerprint density at radius 3 is 2.57 bits per heavy atom. The first kappa shape index (κ1) is 13.4. The number of hydrogen-bond acceptors (Lipinski definition) is 4. The van der Waals surface area contributed by atoms with Gasteiger partial charge in [0, 0.05) is 19.2 Å². The minimum Gasteiger partial charge on any atom is -0.497 e. The molecule has 4 nitrogen and oxygen atoms in total. The van der Waals surface area contributed by atoms with Crippen LogP contribution in [0, 0.1) is 0 Å². The summed E-state index contributed by atoms with van der Waals surface area (Å²) in [6.45, 7) is 0.874. The highest BCUT2D eigenvalue weighted by atomic mass is 16.5. The summed E-state index contributed by atoms with van der Waals surface area (Å²) in [6.07, 6.45) is 2.70. The van der Waals surface area contributed by atoms with Crippen molar-refractivity contribution in [2.45, 2.75) is 6.42 Å². The van der Waals surface area contributed by atoms with E-state index in [4.69, 9.17) is 4.74 Å². The summed E-state index contributed by atoms with van der Waals surface area (Å²) in [6, 6.07) is 18.0. The summed E-state index contributed by atoms with van der Waals surface area (Å²) in [5.74, 6) is 1.70. The Hall–Kier alpha value is -2.62. The van der Waals surface area contributed by atoms with E-state index in [0.717, 1.165) is 35.8 Å². The monoisotopic (exact) mass is 279 g/mol. The van der Waals surface area contributed by atoms with E-state index in [9.17, 15) is 0 Å². The van der Waals surface area contributed by atoms with Crippen LogP contribution in [0.15, 0.2) is 64.7 Å². The van der Waals surface area contributed by atoms with Crippen LogP contribution in [0.4, 0.5) is 5.69 Å². The molecule has 1 aliphatic heterocycles. The van der Waals surface area contributed by atoms with Crippen LogP contribution in [0.3, 0.4) is 0 Å². The Morgan fingerprint density at radius 2 is 1.86 bits per heavy atom. The van der Waals surface area contributed by atoms with Crippen LogP contribution in [-0.2, 0) is 0 Å². The average molecular weight is 279 g/mol. The number of para-hydroxylation sites is 1. The largest absolute Gasteiger partial charge is 0.497 e. The number of nitrogens with zero attached hydrogens (tertiary/aromatic N) is 3. The molecule has 1 heterocycles. The molecule has 0 saturated heterocycles. The third-order valence-electron chi connectivity index (χ3n) is 3.32. The molecule has 0 aromatic heterocycles. The first-order valence-electron chi connectivity index (χ1n) is 6.93. The van der Waals surface area contributed by atoms with Crippen LogP contribution in [-0.4, -0.2) is 25.7 Å². The number of anilines is 1. The summed E-state index contributed by atoms with van der Waals surface area (Å²) < 4.78 is 5.14. The number of methoxy groups -OCH3 is 1. The number of hydrogen-bond donors (Lipinski definition) is 0. The quantitative estimate of drug-likeness (QED) is 0.808. The molecular formula is C17H17N3O. The van der Waals surface area contributed by atoms with Crippen molar-refractivity contribution in [1.82, 2.24) is 0 Å². The normalized spacial score (nSPS) is 14.5. The van der Waals surface area contributed by atoms with Crippen LogP contribution in [0.1, 0.15) is 12.0 Å².